The molecule has 0 aliphatic heterocycles. The van der Waals surface area contributed by atoms with Crippen LogP contribution >= 0.6 is 0 Å². The van der Waals surface area contributed by atoms with Crippen molar-refractivity contribution in [3.8, 4) is 0 Å². The molecule has 7 amide bonds. The van der Waals surface area contributed by atoms with Crippen LogP contribution in [0.5, 0.6) is 0 Å². The molecule has 0 aliphatic rings. The normalized spacial score (nSPS) is 14.8. The number of aliphatic hydroxyl groups excluding tert-OH is 2. The molecule has 0 aromatic carbocycles. The maximum absolute atomic E-state index is 13.5. The van der Waals surface area contributed by atoms with Gasteiger partial charge in [0, 0.05) is 24.9 Å². The highest BCUT2D eigenvalue weighted by molar-refractivity contribution is 5.97. The maximum Gasteiger partial charge on any atom is 0.326 e. The van der Waals surface area contributed by atoms with Gasteiger partial charge in [0.05, 0.1) is 32.0 Å². The number of nitrogens with one attached hydrogen (secondary N) is 7. The molecule has 0 bridgehead atoms. The van der Waals surface area contributed by atoms with Crippen LogP contribution in [0, 0.1) is 11.8 Å². The number of nitrogens with zero attached hydrogens (tertiary/aromatic N) is 2. The fourth-order valence-electron chi connectivity index (χ4n) is 5.13. The first kappa shape index (κ1) is 49.1. The summed E-state index contributed by atoms with van der Waals surface area (Å²) < 4.78 is 0. The molecule has 1 rings (SSSR count). The largest absolute Gasteiger partial charge is 0.480 e. The number of aliphatic hydroxyl groups is 2. The van der Waals surface area contributed by atoms with Crippen LogP contribution in [0.1, 0.15) is 59.1 Å². The van der Waals surface area contributed by atoms with Gasteiger partial charge >= 0.3 is 5.97 Å². The highest BCUT2D eigenvalue weighted by Gasteiger charge is 2.34. The molecule has 18 N–H and O–H groups in total. The third-order valence-electron chi connectivity index (χ3n) is 8.15. The molecule has 7 atom stereocenters. The summed E-state index contributed by atoms with van der Waals surface area (Å²) in [5.74, 6) is -8.84. The van der Waals surface area contributed by atoms with E-state index in [1.165, 1.54) is 12.5 Å². The number of carbonyl (C=O) groups is 8. The van der Waals surface area contributed by atoms with Crippen molar-refractivity contribution in [2.75, 3.05) is 19.8 Å². The van der Waals surface area contributed by atoms with Crippen LogP contribution in [-0.2, 0) is 44.8 Å². The first-order valence-corrected chi connectivity index (χ1v) is 18.0. The van der Waals surface area contributed by atoms with E-state index in [0.29, 0.717) is 5.69 Å². The fourth-order valence-corrected chi connectivity index (χ4v) is 5.13. The Morgan fingerprint density at radius 3 is 1.70 bits per heavy atom. The molecule has 1 aromatic heterocycles. The lowest BCUT2D eigenvalue weighted by atomic mass is 10.0. The van der Waals surface area contributed by atoms with Crippen LogP contribution in [0.15, 0.2) is 17.5 Å². The Morgan fingerprint density at radius 2 is 1.25 bits per heavy atom. The molecule has 0 aliphatic carbocycles. The zero-order valence-corrected chi connectivity index (χ0v) is 32.3. The second-order valence-corrected chi connectivity index (χ2v) is 13.9. The molecular formula is C33H57N13O11. The summed E-state index contributed by atoms with van der Waals surface area (Å²) in [5, 5.41) is 43.9. The highest BCUT2D eigenvalue weighted by Crippen LogP contribution is 2.09. The first-order chi connectivity index (χ1) is 26.7. The molecule has 1 heterocycles. The number of hydrogen-bond donors (Lipinski definition) is 14. The number of carbonyl (C=O) groups excluding carboxylic acids is 7. The zero-order valence-electron chi connectivity index (χ0n) is 32.3. The topological polar surface area (TPSA) is 415 Å². The Hall–Kier alpha value is -5.88. The molecule has 320 valence electrons. The number of carboxylic acids is 1. The average molecular weight is 812 g/mol. The standard InChI is InChI=1S/C33H57N13O11/c1-15(2)8-20(27(51)41-19(32(56)57)6-5-7-39-33(36)37)42-29(53)22(12-47)45-30(54)23(13-48)44-28(52)21(9-17-11-38-14-40-17)43-31(55)25(16(3)4)46-26(50)18(34)10-24(35)49/h11,14-16,18-23,25,47-48H,5-10,12-13,34H2,1-4H3,(H2,35,49)(H,38,40)(H,41,51)(H,42,53)(H,43,55)(H,44,52)(H,45,54)(H,46,50)(H,56,57)(H4,36,37,39)/t18-,19-,20-,21-,22-,23-,25-/m0/s1. The van der Waals surface area contributed by atoms with Gasteiger partial charge in [-0.2, -0.15) is 0 Å². The van der Waals surface area contributed by atoms with Crippen molar-refractivity contribution in [3.05, 3.63) is 18.2 Å². The van der Waals surface area contributed by atoms with Gasteiger partial charge in [0.2, 0.25) is 41.4 Å². The van der Waals surface area contributed by atoms with Crippen LogP contribution in [0.2, 0.25) is 0 Å². The summed E-state index contributed by atoms with van der Waals surface area (Å²) in [6.45, 7) is 4.76. The Bertz CT molecular complexity index is 1550. The van der Waals surface area contributed by atoms with E-state index in [2.05, 4.69) is 46.9 Å². The number of imidazole rings is 1. The van der Waals surface area contributed by atoms with E-state index < -0.39 is 115 Å². The van der Waals surface area contributed by atoms with Gasteiger partial charge in [-0.15, -0.1) is 0 Å². The van der Waals surface area contributed by atoms with Gasteiger partial charge in [0.1, 0.15) is 36.3 Å². The van der Waals surface area contributed by atoms with E-state index >= 15 is 0 Å². The van der Waals surface area contributed by atoms with Crippen LogP contribution in [0.4, 0.5) is 0 Å². The minimum atomic E-state index is -1.74. The fraction of sp³-hybridized carbons (Fsp3) is 0.636. The Balaban J connectivity index is 3.13. The molecule has 0 radical (unpaired) electrons. The van der Waals surface area contributed by atoms with Gasteiger partial charge < -0.3 is 75.1 Å². The summed E-state index contributed by atoms with van der Waals surface area (Å²) in [4.78, 5) is 113. The van der Waals surface area contributed by atoms with E-state index in [4.69, 9.17) is 22.9 Å². The number of hydrogen-bond acceptors (Lipinski definition) is 13. The molecule has 24 heteroatoms. The average Bonchev–Trinajstić information content (AvgIpc) is 3.64. The second kappa shape index (κ2) is 24.6. The third kappa shape index (κ3) is 18.1. The van der Waals surface area contributed by atoms with Gasteiger partial charge in [-0.05, 0) is 31.1 Å². The molecule has 24 nitrogen and oxygen atoms in total. The van der Waals surface area contributed by atoms with Gasteiger partial charge in [-0.25, -0.2) is 9.78 Å². The molecule has 1 aromatic rings. The minimum Gasteiger partial charge on any atom is -0.480 e. The number of aromatic amines is 1. The van der Waals surface area contributed by atoms with Gasteiger partial charge in [0.15, 0.2) is 5.96 Å². The number of aromatic nitrogens is 2. The van der Waals surface area contributed by atoms with Crippen molar-refractivity contribution in [2.24, 2.45) is 39.8 Å². The van der Waals surface area contributed by atoms with Crippen LogP contribution in [0.25, 0.3) is 0 Å². The number of primary amides is 1. The highest BCUT2D eigenvalue weighted by atomic mass is 16.4. The summed E-state index contributed by atoms with van der Waals surface area (Å²) in [5.41, 5.74) is 21.7. The molecule has 0 saturated heterocycles. The summed E-state index contributed by atoms with van der Waals surface area (Å²) in [6, 6.07) is -10.1. The lowest BCUT2D eigenvalue weighted by Gasteiger charge is -2.27. The smallest absolute Gasteiger partial charge is 0.326 e. The SMILES string of the molecule is CC(C)C[C@H](NC(=O)[C@H](CO)NC(=O)[C@H](CO)NC(=O)[C@H](Cc1cnc[nH]1)NC(=O)[C@@H](NC(=O)[C@@H](N)CC(N)=O)C(C)C)C(=O)N[C@@H](CCCN=C(N)N)C(=O)O. The van der Waals surface area contributed by atoms with E-state index in [1.54, 1.807) is 27.7 Å². The van der Waals surface area contributed by atoms with E-state index in [9.17, 15) is 53.7 Å². The van der Waals surface area contributed by atoms with Crippen LogP contribution in [-0.4, -0.2) is 141 Å². The molecule has 0 spiro atoms. The quantitative estimate of drug-likeness (QED) is 0.0235. The van der Waals surface area contributed by atoms with Crippen molar-refractivity contribution in [2.45, 2.75) is 102 Å². The predicted octanol–water partition coefficient (Wildman–Crippen LogP) is -6.11. The summed E-state index contributed by atoms with van der Waals surface area (Å²) >= 11 is 0. The van der Waals surface area contributed by atoms with E-state index in [1.807, 2.05) is 0 Å². The van der Waals surface area contributed by atoms with Crippen LogP contribution < -0.4 is 54.8 Å². The van der Waals surface area contributed by atoms with E-state index in [0.717, 1.165) is 0 Å². The van der Waals surface area contributed by atoms with Crippen molar-refractivity contribution in [1.82, 2.24) is 41.9 Å². The van der Waals surface area contributed by atoms with Gasteiger partial charge in [-0.3, -0.25) is 38.6 Å². The number of guanidine groups is 1. The monoisotopic (exact) mass is 811 g/mol. The van der Waals surface area contributed by atoms with E-state index in [-0.39, 0.29) is 44.1 Å². The molecule has 57 heavy (non-hydrogen) atoms. The van der Waals surface area contributed by atoms with Gasteiger partial charge in [-0.1, -0.05) is 27.7 Å². The Morgan fingerprint density at radius 1 is 0.737 bits per heavy atom. The lowest BCUT2D eigenvalue weighted by molar-refractivity contribution is -0.142. The molecule has 0 saturated carbocycles. The van der Waals surface area contributed by atoms with Crippen molar-refractivity contribution < 1.29 is 53.7 Å². The van der Waals surface area contributed by atoms with Gasteiger partial charge in [0.25, 0.3) is 0 Å². The first-order valence-electron chi connectivity index (χ1n) is 18.0. The zero-order chi connectivity index (χ0) is 43.4. The summed E-state index contributed by atoms with van der Waals surface area (Å²) in [7, 11) is 0. The number of H-pyrrole nitrogens is 1. The number of nitrogens with two attached hydrogens (primary N) is 4. The number of amides is 7. The van der Waals surface area contributed by atoms with Crippen molar-refractivity contribution in [3.63, 3.8) is 0 Å². The Labute approximate surface area is 328 Å². The Kier molecular flexibility index (Phi) is 21.2. The molecular weight excluding hydrogens is 754 g/mol. The van der Waals surface area contributed by atoms with Crippen LogP contribution in [0.3, 0.4) is 0 Å². The predicted molar refractivity (Wildman–Crippen MR) is 202 cm³/mol. The minimum absolute atomic E-state index is 0.0320. The maximum atomic E-state index is 13.5. The van der Waals surface area contributed by atoms with Crippen molar-refractivity contribution in [1.29, 1.82) is 0 Å². The van der Waals surface area contributed by atoms with Crippen molar-refractivity contribution >= 4 is 53.3 Å². The number of aliphatic imine (C=N–C) groups is 1. The molecule has 0 unspecified atom stereocenters. The number of aliphatic carboxylic acids is 1. The second-order valence-electron chi connectivity index (χ2n) is 13.9. The summed E-state index contributed by atoms with van der Waals surface area (Å²) in [6.07, 6.45) is 2.17. The third-order valence-corrected chi connectivity index (χ3v) is 8.15. The number of rotatable bonds is 26. The molecule has 0 fully saturated rings. The number of carboxylic acid groups (broad SMARTS) is 1. The lowest BCUT2D eigenvalue weighted by Crippen LogP contribution is -2.61.